The van der Waals surface area contributed by atoms with Crippen LogP contribution in [0, 0.1) is 5.92 Å². The van der Waals surface area contributed by atoms with Crippen LogP contribution in [-0.2, 0) is 13.0 Å². The van der Waals surface area contributed by atoms with E-state index in [0.717, 1.165) is 24.0 Å². The Bertz CT molecular complexity index is 1140. The number of nitrogens with one attached hydrogen (secondary N) is 1. The van der Waals surface area contributed by atoms with Crippen LogP contribution >= 0.6 is 11.8 Å². The van der Waals surface area contributed by atoms with E-state index >= 15 is 0 Å². The van der Waals surface area contributed by atoms with Crippen LogP contribution in [0.5, 0.6) is 0 Å². The van der Waals surface area contributed by atoms with Gasteiger partial charge in [0.25, 0.3) is 5.91 Å². The fourth-order valence-corrected chi connectivity index (χ4v) is 6.21. The van der Waals surface area contributed by atoms with Crippen molar-refractivity contribution in [2.75, 3.05) is 0 Å². The molecule has 1 heterocycles. The van der Waals surface area contributed by atoms with Gasteiger partial charge in [-0.15, -0.1) is 0 Å². The lowest BCUT2D eigenvalue weighted by atomic mass is 9.80. The highest BCUT2D eigenvalue weighted by molar-refractivity contribution is 7.99. The third kappa shape index (κ3) is 5.25. The van der Waals surface area contributed by atoms with E-state index in [9.17, 15) is 4.79 Å². The predicted octanol–water partition coefficient (Wildman–Crippen LogP) is 7.68. The van der Waals surface area contributed by atoms with Crippen molar-refractivity contribution in [3.63, 3.8) is 0 Å². The van der Waals surface area contributed by atoms with E-state index in [4.69, 9.17) is 0 Å². The maximum absolute atomic E-state index is 12.9. The number of rotatable bonds is 4. The number of hydrogen-bond donors (Lipinski definition) is 1. The highest BCUT2D eigenvalue weighted by atomic mass is 32.2. The number of carbonyl (C=O) groups excluding carboxylic acids is 1. The first kappa shape index (κ1) is 22.0. The minimum absolute atomic E-state index is 0.00892. The molecule has 5 rings (SSSR count). The second kappa shape index (κ2) is 10.4. The summed E-state index contributed by atoms with van der Waals surface area (Å²) in [7, 11) is 0. The molecule has 0 unspecified atom stereocenters. The molecule has 2 aliphatic rings. The number of allylic oxidation sites excluding steroid dienone is 2. The summed E-state index contributed by atoms with van der Waals surface area (Å²) in [5.41, 5.74) is 6.08. The Hall–Kier alpha value is -2.78. The van der Waals surface area contributed by atoms with E-state index in [0.29, 0.717) is 12.5 Å². The summed E-state index contributed by atoms with van der Waals surface area (Å²) in [5.74, 6) is 0.673. The van der Waals surface area contributed by atoms with Gasteiger partial charge >= 0.3 is 0 Å². The molecule has 33 heavy (non-hydrogen) atoms. The summed E-state index contributed by atoms with van der Waals surface area (Å²) >= 11 is 1.86. The fourth-order valence-electron chi connectivity index (χ4n) is 5.10. The fraction of sp³-hybridized carbons (Fsp3) is 0.300. The molecule has 0 radical (unpaired) electrons. The number of hydrogen-bond acceptors (Lipinski definition) is 2. The van der Waals surface area contributed by atoms with Crippen LogP contribution in [0.25, 0.3) is 5.57 Å². The molecule has 0 bridgehead atoms. The first-order chi connectivity index (χ1) is 16.3. The molecule has 1 aliphatic carbocycles. The highest BCUT2D eigenvalue weighted by Crippen LogP contribution is 2.43. The number of benzene rings is 3. The first-order valence-corrected chi connectivity index (χ1v) is 13.0. The lowest BCUT2D eigenvalue weighted by Crippen LogP contribution is -2.22. The molecule has 2 nitrogen and oxygen atoms in total. The molecule has 0 aromatic heterocycles. The third-order valence-corrected chi connectivity index (χ3v) is 8.05. The van der Waals surface area contributed by atoms with Crippen LogP contribution in [-0.4, -0.2) is 5.91 Å². The van der Waals surface area contributed by atoms with Crippen molar-refractivity contribution in [3.05, 3.63) is 101 Å². The SMILES string of the molecule is O=C(NCc1ccccc1)c1ccc2c(c1)CC/C=C(\C1CCCCC1)c1ccccc1S2. The summed E-state index contributed by atoms with van der Waals surface area (Å²) in [6.07, 6.45) is 11.2. The van der Waals surface area contributed by atoms with Gasteiger partial charge in [0.1, 0.15) is 0 Å². The summed E-state index contributed by atoms with van der Waals surface area (Å²) in [4.78, 5) is 15.4. The van der Waals surface area contributed by atoms with Crippen LogP contribution in [0.1, 0.15) is 65.6 Å². The van der Waals surface area contributed by atoms with E-state index in [1.165, 1.54) is 53.0 Å². The number of aryl methyl sites for hydroxylation is 1. The van der Waals surface area contributed by atoms with Gasteiger partial charge in [-0.2, -0.15) is 0 Å². The Morgan fingerprint density at radius 1 is 0.879 bits per heavy atom. The van der Waals surface area contributed by atoms with Crippen molar-refractivity contribution < 1.29 is 4.79 Å². The molecule has 1 aliphatic heterocycles. The van der Waals surface area contributed by atoms with Crippen LogP contribution in [0.15, 0.2) is 88.7 Å². The van der Waals surface area contributed by atoms with Gasteiger partial charge in [0.2, 0.25) is 0 Å². The van der Waals surface area contributed by atoms with Gasteiger partial charge in [-0.25, -0.2) is 0 Å². The van der Waals surface area contributed by atoms with Gasteiger partial charge in [0.15, 0.2) is 0 Å². The molecule has 1 fully saturated rings. The van der Waals surface area contributed by atoms with Crippen molar-refractivity contribution >= 4 is 23.2 Å². The lowest BCUT2D eigenvalue weighted by Gasteiger charge is -2.26. The molecule has 1 N–H and O–H groups in total. The Labute approximate surface area is 201 Å². The third-order valence-electron chi connectivity index (χ3n) is 6.86. The molecular formula is C30H31NOS. The smallest absolute Gasteiger partial charge is 0.251 e. The van der Waals surface area contributed by atoms with Crippen LogP contribution in [0.4, 0.5) is 0 Å². The van der Waals surface area contributed by atoms with Crippen molar-refractivity contribution in [2.24, 2.45) is 5.92 Å². The summed E-state index contributed by atoms with van der Waals surface area (Å²) in [5, 5.41) is 3.07. The molecule has 0 spiro atoms. The molecule has 0 saturated heterocycles. The minimum atomic E-state index is -0.00892. The molecule has 3 aromatic carbocycles. The number of carbonyl (C=O) groups is 1. The van der Waals surface area contributed by atoms with Crippen LogP contribution in [0.2, 0.25) is 0 Å². The van der Waals surface area contributed by atoms with Crippen molar-refractivity contribution in [1.29, 1.82) is 0 Å². The predicted molar refractivity (Wildman–Crippen MR) is 137 cm³/mol. The maximum Gasteiger partial charge on any atom is 0.251 e. The second-order valence-electron chi connectivity index (χ2n) is 9.12. The monoisotopic (exact) mass is 453 g/mol. The zero-order chi connectivity index (χ0) is 22.5. The lowest BCUT2D eigenvalue weighted by molar-refractivity contribution is 0.0950. The van der Waals surface area contributed by atoms with Gasteiger partial charge in [-0.05, 0) is 78.1 Å². The average Bonchev–Trinajstić information content (AvgIpc) is 2.95. The number of fused-ring (bicyclic) bond motifs is 2. The first-order valence-electron chi connectivity index (χ1n) is 12.2. The Kier molecular flexibility index (Phi) is 6.97. The van der Waals surface area contributed by atoms with Crippen LogP contribution < -0.4 is 5.32 Å². The van der Waals surface area contributed by atoms with Gasteiger partial charge in [-0.3, -0.25) is 4.79 Å². The molecule has 3 aromatic rings. The zero-order valence-corrected chi connectivity index (χ0v) is 19.9. The summed E-state index contributed by atoms with van der Waals surface area (Å²) in [6, 6.07) is 25.2. The summed E-state index contributed by atoms with van der Waals surface area (Å²) < 4.78 is 0. The van der Waals surface area contributed by atoms with Crippen molar-refractivity contribution in [3.8, 4) is 0 Å². The van der Waals surface area contributed by atoms with E-state index in [1.807, 2.05) is 48.2 Å². The Morgan fingerprint density at radius 2 is 1.67 bits per heavy atom. The minimum Gasteiger partial charge on any atom is -0.348 e. The zero-order valence-electron chi connectivity index (χ0n) is 19.1. The van der Waals surface area contributed by atoms with Gasteiger partial charge in [0.05, 0.1) is 0 Å². The molecule has 3 heteroatoms. The maximum atomic E-state index is 12.9. The van der Waals surface area contributed by atoms with Gasteiger partial charge < -0.3 is 5.32 Å². The largest absolute Gasteiger partial charge is 0.348 e. The topological polar surface area (TPSA) is 29.1 Å². The van der Waals surface area contributed by atoms with Crippen molar-refractivity contribution in [1.82, 2.24) is 5.32 Å². The standard InChI is InChI=1S/C30H31NOS/c32-30(31-21-22-10-3-1-4-11-22)25-18-19-28-24(20-25)14-9-16-26(23-12-5-2-6-13-23)27-15-7-8-17-29(27)33-28/h1,3-4,7-8,10-11,15-20,23H,2,5-6,9,12-14,21H2,(H,31,32)/b26-16+. The highest BCUT2D eigenvalue weighted by Gasteiger charge is 2.22. The second-order valence-corrected chi connectivity index (χ2v) is 10.2. The molecule has 168 valence electrons. The van der Waals surface area contributed by atoms with Gasteiger partial charge in [0, 0.05) is 21.9 Å². The number of amides is 1. The van der Waals surface area contributed by atoms with Crippen molar-refractivity contribution in [2.45, 2.75) is 61.3 Å². The van der Waals surface area contributed by atoms with Crippen LogP contribution in [0.3, 0.4) is 0 Å². The van der Waals surface area contributed by atoms with E-state index in [-0.39, 0.29) is 5.91 Å². The summed E-state index contributed by atoms with van der Waals surface area (Å²) in [6.45, 7) is 0.548. The van der Waals surface area contributed by atoms with Gasteiger partial charge in [-0.1, -0.05) is 85.6 Å². The van der Waals surface area contributed by atoms with E-state index in [2.05, 4.69) is 47.8 Å². The Balaban J connectivity index is 1.39. The molecular weight excluding hydrogens is 422 g/mol. The average molecular weight is 454 g/mol. The molecule has 1 amide bonds. The quantitative estimate of drug-likeness (QED) is 0.439. The molecule has 0 atom stereocenters. The Morgan fingerprint density at radius 3 is 2.52 bits per heavy atom. The van der Waals surface area contributed by atoms with E-state index < -0.39 is 0 Å². The van der Waals surface area contributed by atoms with E-state index in [1.54, 1.807) is 5.57 Å². The normalized spacial score (nSPS) is 18.0. The molecule has 1 saturated carbocycles.